The average Bonchev–Trinajstić information content (AvgIpc) is 3.24. The predicted molar refractivity (Wildman–Crippen MR) is 105 cm³/mol. The molecule has 1 atom stereocenters. The first-order chi connectivity index (χ1) is 12.7. The van der Waals surface area contributed by atoms with Gasteiger partial charge in [-0.25, -0.2) is 0 Å². The second-order valence-electron chi connectivity index (χ2n) is 7.55. The molecule has 2 aromatic rings. The van der Waals surface area contributed by atoms with Crippen LogP contribution in [0.5, 0.6) is 0 Å². The minimum atomic E-state index is 0.147. The number of hydrogen-bond donors (Lipinski definition) is 1. The number of amides is 1. The summed E-state index contributed by atoms with van der Waals surface area (Å²) in [4.78, 5) is 16.1. The van der Waals surface area contributed by atoms with Crippen molar-refractivity contribution in [3.8, 4) is 10.4 Å². The molecule has 3 heterocycles. The second kappa shape index (κ2) is 7.51. The zero-order chi connectivity index (χ0) is 18.0. The van der Waals surface area contributed by atoms with E-state index >= 15 is 0 Å². The third kappa shape index (κ3) is 3.56. The Morgan fingerprint density at radius 2 is 1.96 bits per heavy atom. The van der Waals surface area contributed by atoms with Gasteiger partial charge in [-0.15, -0.1) is 11.3 Å². The predicted octanol–water partition coefficient (Wildman–Crippen LogP) is 3.78. The molecule has 1 aromatic carbocycles. The normalized spacial score (nSPS) is 22.5. The molecule has 2 saturated heterocycles. The van der Waals surface area contributed by atoms with E-state index in [1.165, 1.54) is 16.9 Å². The number of ether oxygens (including phenoxy) is 1. The number of thiophene rings is 1. The van der Waals surface area contributed by atoms with Crippen molar-refractivity contribution in [2.75, 3.05) is 26.2 Å². The summed E-state index contributed by atoms with van der Waals surface area (Å²) in [5, 5.41) is 2.07. The lowest BCUT2D eigenvalue weighted by Gasteiger charge is -2.45. The van der Waals surface area contributed by atoms with Crippen molar-refractivity contribution in [2.24, 2.45) is 11.1 Å². The summed E-state index contributed by atoms with van der Waals surface area (Å²) in [5.41, 5.74) is 7.92. The van der Waals surface area contributed by atoms with Gasteiger partial charge in [0.15, 0.2) is 0 Å². The maximum atomic E-state index is 12.8. The van der Waals surface area contributed by atoms with Crippen LogP contribution in [0.1, 0.15) is 36.0 Å². The number of carbonyl (C=O) groups is 1. The zero-order valence-electron chi connectivity index (χ0n) is 15.0. The van der Waals surface area contributed by atoms with Crippen LogP contribution in [0, 0.1) is 5.41 Å². The topological polar surface area (TPSA) is 55.6 Å². The summed E-state index contributed by atoms with van der Waals surface area (Å²) in [6, 6.07) is 12.2. The molecule has 1 amide bonds. The lowest BCUT2D eigenvalue weighted by atomic mass is 9.73. The highest BCUT2D eigenvalue weighted by atomic mass is 32.1. The molecule has 4 rings (SSSR count). The Bertz CT molecular complexity index is 724. The van der Waals surface area contributed by atoms with E-state index in [-0.39, 0.29) is 17.4 Å². The van der Waals surface area contributed by atoms with Crippen molar-refractivity contribution in [1.29, 1.82) is 0 Å². The van der Waals surface area contributed by atoms with E-state index in [0.717, 1.165) is 44.5 Å². The van der Waals surface area contributed by atoms with E-state index in [1.54, 1.807) is 11.3 Å². The van der Waals surface area contributed by atoms with Crippen LogP contribution < -0.4 is 5.73 Å². The number of nitrogens with zero attached hydrogens (tertiary/aromatic N) is 1. The van der Waals surface area contributed by atoms with E-state index in [1.807, 2.05) is 35.2 Å². The van der Waals surface area contributed by atoms with Crippen molar-refractivity contribution >= 4 is 17.2 Å². The maximum Gasteiger partial charge on any atom is 0.253 e. The molecule has 1 unspecified atom stereocenters. The Labute approximate surface area is 159 Å². The Morgan fingerprint density at radius 1 is 1.19 bits per heavy atom. The highest BCUT2D eigenvalue weighted by molar-refractivity contribution is 7.13. The highest BCUT2D eigenvalue weighted by Gasteiger charge is 2.39. The summed E-state index contributed by atoms with van der Waals surface area (Å²) in [6.45, 7) is 3.05. The van der Waals surface area contributed by atoms with Gasteiger partial charge >= 0.3 is 0 Å². The van der Waals surface area contributed by atoms with Crippen LogP contribution in [0.15, 0.2) is 41.8 Å². The Kier molecular flexibility index (Phi) is 5.11. The first-order valence-electron chi connectivity index (χ1n) is 9.44. The molecule has 5 heteroatoms. The number of benzene rings is 1. The number of nitrogens with two attached hydrogens (primary N) is 1. The number of hydrogen-bond acceptors (Lipinski definition) is 4. The van der Waals surface area contributed by atoms with E-state index in [0.29, 0.717) is 6.54 Å². The Morgan fingerprint density at radius 3 is 2.54 bits per heavy atom. The molecule has 0 saturated carbocycles. The van der Waals surface area contributed by atoms with E-state index < -0.39 is 0 Å². The molecule has 0 bridgehead atoms. The molecule has 2 aliphatic heterocycles. The van der Waals surface area contributed by atoms with E-state index in [9.17, 15) is 4.79 Å². The molecule has 1 spiro atoms. The molecule has 2 fully saturated rings. The van der Waals surface area contributed by atoms with Crippen LogP contribution in [-0.2, 0) is 4.74 Å². The third-order valence-corrected chi connectivity index (χ3v) is 6.85. The van der Waals surface area contributed by atoms with Crippen LogP contribution in [0.25, 0.3) is 10.4 Å². The largest absolute Gasteiger partial charge is 0.376 e. The van der Waals surface area contributed by atoms with Crippen molar-refractivity contribution in [3.63, 3.8) is 0 Å². The highest BCUT2D eigenvalue weighted by Crippen LogP contribution is 2.40. The lowest BCUT2D eigenvalue weighted by Crippen LogP contribution is -2.48. The van der Waals surface area contributed by atoms with Gasteiger partial charge in [-0.05, 0) is 60.2 Å². The van der Waals surface area contributed by atoms with Gasteiger partial charge in [0.1, 0.15) is 0 Å². The Balaban J connectivity index is 1.36. The third-order valence-electron chi connectivity index (χ3n) is 5.93. The van der Waals surface area contributed by atoms with Crippen molar-refractivity contribution in [1.82, 2.24) is 4.90 Å². The SMILES string of the molecule is NCC1CCC2(CCN(C(=O)c3ccc(-c4cccs4)cc3)CC2)CO1. The number of piperidine rings is 1. The first kappa shape index (κ1) is 17.7. The molecular formula is C21H26N2O2S. The minimum Gasteiger partial charge on any atom is -0.376 e. The van der Waals surface area contributed by atoms with Gasteiger partial charge in [0.05, 0.1) is 12.7 Å². The van der Waals surface area contributed by atoms with Crippen LogP contribution in [0.2, 0.25) is 0 Å². The van der Waals surface area contributed by atoms with Crippen molar-refractivity contribution in [3.05, 3.63) is 47.3 Å². The molecule has 4 nitrogen and oxygen atoms in total. The molecular weight excluding hydrogens is 344 g/mol. The van der Waals surface area contributed by atoms with Crippen LogP contribution >= 0.6 is 11.3 Å². The molecule has 2 N–H and O–H groups in total. The van der Waals surface area contributed by atoms with Gasteiger partial charge in [-0.2, -0.15) is 0 Å². The van der Waals surface area contributed by atoms with Crippen molar-refractivity contribution in [2.45, 2.75) is 31.8 Å². The van der Waals surface area contributed by atoms with Gasteiger partial charge in [0.2, 0.25) is 0 Å². The van der Waals surface area contributed by atoms with Gasteiger partial charge in [-0.1, -0.05) is 18.2 Å². The average molecular weight is 371 g/mol. The summed E-state index contributed by atoms with van der Waals surface area (Å²) < 4.78 is 5.92. The summed E-state index contributed by atoms with van der Waals surface area (Å²) >= 11 is 1.72. The van der Waals surface area contributed by atoms with E-state index in [2.05, 4.69) is 11.4 Å². The van der Waals surface area contributed by atoms with Gasteiger partial charge in [-0.3, -0.25) is 4.79 Å². The molecule has 0 radical (unpaired) electrons. The van der Waals surface area contributed by atoms with Crippen LogP contribution in [0.3, 0.4) is 0 Å². The molecule has 138 valence electrons. The molecule has 2 aliphatic rings. The smallest absolute Gasteiger partial charge is 0.253 e. The van der Waals surface area contributed by atoms with Gasteiger partial charge in [0, 0.05) is 30.1 Å². The molecule has 0 aliphatic carbocycles. The number of likely N-dealkylation sites (tertiary alicyclic amines) is 1. The number of rotatable bonds is 3. The van der Waals surface area contributed by atoms with E-state index in [4.69, 9.17) is 10.5 Å². The summed E-state index contributed by atoms with van der Waals surface area (Å²) in [5.74, 6) is 0.147. The first-order valence-corrected chi connectivity index (χ1v) is 10.3. The fourth-order valence-corrected chi connectivity index (χ4v) is 4.82. The minimum absolute atomic E-state index is 0.147. The fraction of sp³-hybridized carbons (Fsp3) is 0.476. The van der Waals surface area contributed by atoms with Gasteiger partial charge < -0.3 is 15.4 Å². The van der Waals surface area contributed by atoms with Crippen molar-refractivity contribution < 1.29 is 9.53 Å². The lowest BCUT2D eigenvalue weighted by molar-refractivity contribution is -0.0790. The summed E-state index contributed by atoms with van der Waals surface area (Å²) in [7, 11) is 0. The quantitative estimate of drug-likeness (QED) is 0.895. The second-order valence-corrected chi connectivity index (χ2v) is 8.50. The van der Waals surface area contributed by atoms with Crippen LogP contribution in [0.4, 0.5) is 0 Å². The summed E-state index contributed by atoms with van der Waals surface area (Å²) in [6.07, 6.45) is 4.51. The van der Waals surface area contributed by atoms with Crippen LogP contribution in [-0.4, -0.2) is 43.2 Å². The number of carbonyl (C=O) groups excluding carboxylic acids is 1. The molecule has 1 aromatic heterocycles. The molecule has 26 heavy (non-hydrogen) atoms. The van der Waals surface area contributed by atoms with Gasteiger partial charge in [0.25, 0.3) is 5.91 Å². The Hall–Kier alpha value is -1.69. The fourth-order valence-electron chi connectivity index (χ4n) is 4.08. The maximum absolute atomic E-state index is 12.8. The monoisotopic (exact) mass is 370 g/mol. The standard InChI is InChI=1S/C21H26N2O2S/c22-14-18-7-8-21(15-25-18)9-11-23(12-10-21)20(24)17-5-3-16(4-6-17)19-2-1-13-26-19/h1-6,13,18H,7-12,14-15,22H2. The zero-order valence-corrected chi connectivity index (χ0v) is 15.8.